The maximum absolute atomic E-state index is 6.05. The van der Waals surface area contributed by atoms with E-state index in [2.05, 4.69) is 22.5 Å². The van der Waals surface area contributed by atoms with Crippen molar-refractivity contribution < 1.29 is 4.74 Å². The summed E-state index contributed by atoms with van der Waals surface area (Å²) >= 11 is 0. The summed E-state index contributed by atoms with van der Waals surface area (Å²) in [5, 5.41) is 7.29. The summed E-state index contributed by atoms with van der Waals surface area (Å²) in [5.41, 5.74) is 0.420. The van der Waals surface area contributed by atoms with E-state index < -0.39 is 0 Å². The second-order valence-corrected chi connectivity index (χ2v) is 8.82. The van der Waals surface area contributed by atoms with Crippen LogP contribution >= 0.6 is 0 Å². The van der Waals surface area contributed by atoms with Crippen molar-refractivity contribution in [1.29, 1.82) is 0 Å². The second-order valence-electron chi connectivity index (χ2n) is 8.82. The number of guanidine groups is 1. The fourth-order valence-electron chi connectivity index (χ4n) is 5.77. The molecule has 2 heterocycles. The molecule has 2 aliphatic carbocycles. The van der Waals surface area contributed by atoms with E-state index in [1.165, 1.54) is 77.4 Å². The summed E-state index contributed by atoms with van der Waals surface area (Å²) in [5.74, 6) is 1.74. The minimum Gasteiger partial charge on any atom is -0.377 e. The first-order valence-electron chi connectivity index (χ1n) is 11.2. The van der Waals surface area contributed by atoms with E-state index in [4.69, 9.17) is 9.73 Å². The van der Waals surface area contributed by atoms with Gasteiger partial charge in [-0.2, -0.15) is 0 Å². The third kappa shape index (κ3) is 3.62. The molecule has 0 aromatic heterocycles. The first-order valence-corrected chi connectivity index (χ1v) is 11.2. The summed E-state index contributed by atoms with van der Waals surface area (Å²) in [6, 6.07) is 0.576. The molecule has 0 aromatic rings. The molecule has 1 spiro atoms. The number of hydrogen-bond donors (Lipinski definition) is 2. The first kappa shape index (κ1) is 18.5. The van der Waals surface area contributed by atoms with Gasteiger partial charge in [-0.1, -0.05) is 19.3 Å². The molecular formula is C21H38N4O. The van der Waals surface area contributed by atoms with Crippen LogP contribution in [-0.4, -0.2) is 62.3 Å². The second kappa shape index (κ2) is 8.47. The SMILES string of the molecule is CCNC(=NCCCN1CCCCCC1)NC1C2CCOC2C12CCC2. The summed E-state index contributed by atoms with van der Waals surface area (Å²) in [6.45, 7) is 8.76. The minimum atomic E-state index is 0.420. The highest BCUT2D eigenvalue weighted by Crippen LogP contribution is 2.62. The average Bonchev–Trinajstić information content (AvgIpc) is 2.85. The molecule has 0 amide bonds. The number of nitrogens with zero attached hydrogens (tertiary/aromatic N) is 2. The van der Waals surface area contributed by atoms with Crippen molar-refractivity contribution in [2.24, 2.45) is 16.3 Å². The maximum Gasteiger partial charge on any atom is 0.191 e. The zero-order chi connectivity index (χ0) is 17.8. The molecule has 4 aliphatic rings. The molecule has 2 saturated heterocycles. The van der Waals surface area contributed by atoms with Crippen LogP contribution in [0.5, 0.6) is 0 Å². The number of fused-ring (bicyclic) bond motifs is 2. The number of hydrogen-bond acceptors (Lipinski definition) is 3. The molecule has 2 saturated carbocycles. The standard InChI is InChI=1S/C21H38N4O/c1-2-22-20(23-12-8-15-25-13-5-3-4-6-14-25)24-18-17-9-16-26-19(17)21(18)10-7-11-21/h17-19H,2-16H2,1H3,(H2,22,23,24). The molecule has 26 heavy (non-hydrogen) atoms. The predicted octanol–water partition coefficient (Wildman–Crippen LogP) is 2.77. The van der Waals surface area contributed by atoms with Gasteiger partial charge in [0.15, 0.2) is 5.96 Å². The van der Waals surface area contributed by atoms with Crippen molar-refractivity contribution in [1.82, 2.24) is 15.5 Å². The maximum atomic E-state index is 6.05. The predicted molar refractivity (Wildman–Crippen MR) is 107 cm³/mol. The fourth-order valence-corrected chi connectivity index (χ4v) is 5.77. The Morgan fingerprint density at radius 2 is 1.96 bits per heavy atom. The van der Waals surface area contributed by atoms with Crippen molar-refractivity contribution in [2.75, 3.05) is 39.3 Å². The highest BCUT2D eigenvalue weighted by Gasteiger charge is 2.66. The van der Waals surface area contributed by atoms with Crippen molar-refractivity contribution in [3.8, 4) is 0 Å². The smallest absolute Gasteiger partial charge is 0.191 e. The van der Waals surface area contributed by atoms with Crippen LogP contribution in [0.4, 0.5) is 0 Å². The Kier molecular flexibility index (Phi) is 6.04. The number of aliphatic imine (C=N–C) groups is 1. The molecule has 148 valence electrons. The van der Waals surface area contributed by atoms with Gasteiger partial charge in [0.2, 0.25) is 0 Å². The number of nitrogens with one attached hydrogen (secondary N) is 2. The van der Waals surface area contributed by atoms with Crippen LogP contribution in [0.3, 0.4) is 0 Å². The van der Waals surface area contributed by atoms with Gasteiger partial charge >= 0.3 is 0 Å². The van der Waals surface area contributed by atoms with Gasteiger partial charge in [-0.25, -0.2) is 0 Å². The van der Waals surface area contributed by atoms with Gasteiger partial charge in [0.05, 0.1) is 6.10 Å². The van der Waals surface area contributed by atoms with Gasteiger partial charge in [-0.3, -0.25) is 4.99 Å². The van der Waals surface area contributed by atoms with E-state index >= 15 is 0 Å². The monoisotopic (exact) mass is 362 g/mol. The zero-order valence-corrected chi connectivity index (χ0v) is 16.6. The van der Waals surface area contributed by atoms with E-state index in [-0.39, 0.29) is 0 Å². The average molecular weight is 363 g/mol. The van der Waals surface area contributed by atoms with E-state index in [9.17, 15) is 0 Å². The van der Waals surface area contributed by atoms with Gasteiger partial charge in [0.1, 0.15) is 0 Å². The zero-order valence-electron chi connectivity index (χ0n) is 16.6. The van der Waals surface area contributed by atoms with Gasteiger partial charge in [-0.15, -0.1) is 0 Å². The van der Waals surface area contributed by atoms with Crippen LogP contribution in [0.1, 0.15) is 64.7 Å². The molecule has 2 N–H and O–H groups in total. The van der Waals surface area contributed by atoms with Crippen LogP contribution in [0, 0.1) is 11.3 Å². The minimum absolute atomic E-state index is 0.420. The van der Waals surface area contributed by atoms with Crippen LogP contribution in [-0.2, 0) is 4.74 Å². The lowest BCUT2D eigenvalue weighted by Crippen LogP contribution is -2.72. The molecule has 5 heteroatoms. The van der Waals surface area contributed by atoms with Crippen molar-refractivity contribution in [3.05, 3.63) is 0 Å². The van der Waals surface area contributed by atoms with E-state index in [1.54, 1.807) is 0 Å². The Hall–Kier alpha value is -0.810. The van der Waals surface area contributed by atoms with Gasteiger partial charge in [0, 0.05) is 37.1 Å². The molecule has 0 bridgehead atoms. The highest BCUT2D eigenvalue weighted by atomic mass is 16.5. The Labute approximate surface area is 159 Å². The molecule has 3 unspecified atom stereocenters. The highest BCUT2D eigenvalue weighted by molar-refractivity contribution is 5.80. The lowest BCUT2D eigenvalue weighted by molar-refractivity contribution is -0.171. The Morgan fingerprint density at radius 1 is 1.15 bits per heavy atom. The van der Waals surface area contributed by atoms with Gasteiger partial charge in [-0.05, 0) is 65.1 Å². The number of rotatable bonds is 6. The number of ether oxygens (including phenoxy) is 1. The Bertz CT molecular complexity index is 482. The molecular weight excluding hydrogens is 324 g/mol. The lowest BCUT2D eigenvalue weighted by Gasteiger charge is -2.63. The molecule has 5 nitrogen and oxygen atoms in total. The van der Waals surface area contributed by atoms with Crippen molar-refractivity contribution >= 4 is 5.96 Å². The van der Waals surface area contributed by atoms with Crippen molar-refractivity contribution in [2.45, 2.75) is 76.9 Å². The molecule has 4 fully saturated rings. The largest absolute Gasteiger partial charge is 0.377 e. The van der Waals surface area contributed by atoms with E-state index in [0.717, 1.165) is 25.7 Å². The molecule has 2 aliphatic heterocycles. The van der Waals surface area contributed by atoms with Crippen LogP contribution in [0.2, 0.25) is 0 Å². The number of likely N-dealkylation sites (tertiary alicyclic amines) is 1. The Morgan fingerprint density at radius 3 is 2.65 bits per heavy atom. The summed E-state index contributed by atoms with van der Waals surface area (Å²) < 4.78 is 6.05. The quantitative estimate of drug-likeness (QED) is 0.433. The lowest BCUT2D eigenvalue weighted by atomic mass is 9.46. The topological polar surface area (TPSA) is 48.9 Å². The van der Waals surface area contributed by atoms with E-state index in [1.807, 2.05) is 0 Å². The van der Waals surface area contributed by atoms with Crippen LogP contribution < -0.4 is 10.6 Å². The third-order valence-corrected chi connectivity index (χ3v) is 7.27. The molecule has 3 atom stereocenters. The van der Waals surface area contributed by atoms with E-state index in [0.29, 0.717) is 23.5 Å². The van der Waals surface area contributed by atoms with Crippen molar-refractivity contribution in [3.63, 3.8) is 0 Å². The van der Waals surface area contributed by atoms with Crippen LogP contribution in [0.25, 0.3) is 0 Å². The molecule has 4 rings (SSSR count). The molecule has 0 aromatic carbocycles. The summed E-state index contributed by atoms with van der Waals surface area (Å²) in [6.07, 6.45) is 12.5. The summed E-state index contributed by atoms with van der Waals surface area (Å²) in [7, 11) is 0. The first-order chi connectivity index (χ1) is 12.8. The van der Waals surface area contributed by atoms with Gasteiger partial charge < -0.3 is 20.3 Å². The summed E-state index contributed by atoms with van der Waals surface area (Å²) in [4.78, 5) is 7.55. The third-order valence-electron chi connectivity index (χ3n) is 7.27. The fraction of sp³-hybridized carbons (Fsp3) is 0.952. The Balaban J connectivity index is 1.27. The van der Waals surface area contributed by atoms with Crippen LogP contribution in [0.15, 0.2) is 4.99 Å². The normalized spacial score (nSPS) is 33.9. The van der Waals surface area contributed by atoms with Gasteiger partial charge in [0.25, 0.3) is 0 Å². The molecule has 0 radical (unpaired) electrons.